The van der Waals surface area contributed by atoms with Gasteiger partial charge in [0, 0.05) is 12.8 Å². The van der Waals surface area contributed by atoms with Gasteiger partial charge >= 0.3 is 11.9 Å². The summed E-state index contributed by atoms with van der Waals surface area (Å²) < 4.78 is 10.6. The highest BCUT2D eigenvalue weighted by Crippen LogP contribution is 2.13. The number of allylic oxidation sites excluding steroid dienone is 18. The fourth-order valence-corrected chi connectivity index (χ4v) is 5.73. The van der Waals surface area contributed by atoms with Gasteiger partial charge in [-0.2, -0.15) is 0 Å². The van der Waals surface area contributed by atoms with Crippen molar-refractivity contribution in [3.05, 3.63) is 109 Å². The van der Waals surface area contributed by atoms with E-state index in [0.29, 0.717) is 12.8 Å². The summed E-state index contributed by atoms with van der Waals surface area (Å²) in [5, 5.41) is 9.57. The normalized spacial score (nSPS) is 13.3. The minimum atomic E-state index is -0.807. The molecule has 0 rings (SSSR count). The van der Waals surface area contributed by atoms with Gasteiger partial charge in [0.2, 0.25) is 0 Å². The molecule has 1 unspecified atom stereocenters. The average Bonchev–Trinajstić information content (AvgIpc) is 3.20. The number of aliphatic hydroxyl groups is 1. The summed E-state index contributed by atoms with van der Waals surface area (Å²) >= 11 is 0. The second kappa shape index (κ2) is 45.9. The van der Waals surface area contributed by atoms with Crippen molar-refractivity contribution in [3.8, 4) is 0 Å². The average molecular weight is 775 g/mol. The molecule has 5 nitrogen and oxygen atoms in total. The van der Waals surface area contributed by atoms with Gasteiger partial charge in [-0.3, -0.25) is 9.59 Å². The monoisotopic (exact) mass is 775 g/mol. The third-order valence-electron chi connectivity index (χ3n) is 9.08. The van der Waals surface area contributed by atoms with Gasteiger partial charge in [-0.15, -0.1) is 0 Å². The van der Waals surface area contributed by atoms with E-state index in [-0.39, 0.29) is 31.6 Å². The predicted molar refractivity (Wildman–Crippen MR) is 242 cm³/mol. The van der Waals surface area contributed by atoms with Crippen LogP contribution in [0.2, 0.25) is 0 Å². The van der Waals surface area contributed by atoms with Crippen LogP contribution in [0.5, 0.6) is 0 Å². The highest BCUT2D eigenvalue weighted by molar-refractivity contribution is 5.70. The van der Waals surface area contributed by atoms with E-state index >= 15 is 0 Å². The fourth-order valence-electron chi connectivity index (χ4n) is 5.73. The van der Waals surface area contributed by atoms with Crippen molar-refractivity contribution in [2.75, 3.05) is 13.2 Å². The Morgan fingerprint density at radius 1 is 0.429 bits per heavy atom. The van der Waals surface area contributed by atoms with Gasteiger partial charge in [0.15, 0.2) is 6.10 Å². The highest BCUT2D eigenvalue weighted by atomic mass is 16.6. The molecular formula is C51H82O5. The first-order valence-corrected chi connectivity index (χ1v) is 22.4. The molecule has 0 saturated heterocycles. The molecule has 1 N–H and O–H groups in total. The lowest BCUT2D eigenvalue weighted by atomic mass is 10.0. The van der Waals surface area contributed by atoms with Gasteiger partial charge in [-0.25, -0.2) is 0 Å². The van der Waals surface area contributed by atoms with Crippen LogP contribution in [0.15, 0.2) is 109 Å². The Morgan fingerprint density at radius 2 is 0.768 bits per heavy atom. The Balaban J connectivity index is 3.73. The van der Waals surface area contributed by atoms with E-state index in [1.165, 1.54) is 64.2 Å². The van der Waals surface area contributed by atoms with Crippen LogP contribution in [0, 0.1) is 0 Å². The number of esters is 2. The first-order valence-electron chi connectivity index (χ1n) is 22.4. The topological polar surface area (TPSA) is 72.8 Å². The molecule has 0 aliphatic rings. The Morgan fingerprint density at radius 3 is 1.14 bits per heavy atom. The number of carbonyl (C=O) groups excluding carboxylic acids is 2. The Kier molecular flexibility index (Phi) is 43.1. The Bertz CT molecular complexity index is 1150. The Labute approximate surface area is 344 Å². The van der Waals surface area contributed by atoms with Crippen LogP contribution in [0.4, 0.5) is 0 Å². The molecule has 56 heavy (non-hydrogen) atoms. The van der Waals surface area contributed by atoms with Crippen molar-refractivity contribution < 1.29 is 24.2 Å². The molecule has 0 aromatic rings. The summed E-state index contributed by atoms with van der Waals surface area (Å²) in [6.07, 6.45) is 65.9. The van der Waals surface area contributed by atoms with Crippen LogP contribution in [0.25, 0.3) is 0 Å². The SMILES string of the molecule is CC/C=C\C/C=C\C/C=C\C/C=C\C/C=C\C/C=C\C/C=C\C/C=C\C/C=C\CCCC(=O)OC(CO)COC(=O)CCCCCCCCCCCCCCC. The minimum Gasteiger partial charge on any atom is -0.462 e. The quantitative estimate of drug-likeness (QED) is 0.0382. The zero-order valence-electron chi connectivity index (χ0n) is 35.8. The molecule has 0 amide bonds. The van der Waals surface area contributed by atoms with E-state index in [1.807, 2.05) is 0 Å². The number of aliphatic hydroxyl groups excluding tert-OH is 1. The van der Waals surface area contributed by atoms with Crippen LogP contribution < -0.4 is 0 Å². The van der Waals surface area contributed by atoms with Crippen molar-refractivity contribution in [2.45, 2.75) is 187 Å². The van der Waals surface area contributed by atoms with Gasteiger partial charge < -0.3 is 14.6 Å². The third-order valence-corrected chi connectivity index (χ3v) is 9.08. The molecule has 0 spiro atoms. The highest BCUT2D eigenvalue weighted by Gasteiger charge is 2.16. The maximum atomic E-state index is 12.2. The standard InChI is InChI=1S/C51H82O5/c1-3-5-7-9-11-13-15-17-18-19-20-21-22-23-24-25-26-27-28-29-30-31-32-34-36-38-40-42-44-46-51(54)56-49(47-52)48-55-50(53)45-43-41-39-37-35-33-16-14-12-10-8-6-4-2/h5,7,11,13,17-18,20-21,23-24,26-27,29-30,32,34,38,40,49,52H,3-4,6,8-10,12,14-16,19,22,25,28,31,33,35-37,39,41-48H2,1-2H3/b7-5-,13-11-,18-17-,21-20-,24-23-,27-26-,30-29-,34-32-,40-38-. The lowest BCUT2D eigenvalue weighted by Crippen LogP contribution is -2.28. The van der Waals surface area contributed by atoms with Crippen LogP contribution in [-0.2, 0) is 19.1 Å². The zero-order chi connectivity index (χ0) is 40.7. The molecule has 0 aromatic heterocycles. The molecule has 1 atom stereocenters. The summed E-state index contributed by atoms with van der Waals surface area (Å²) in [5.74, 6) is -0.667. The summed E-state index contributed by atoms with van der Waals surface area (Å²) in [7, 11) is 0. The van der Waals surface area contributed by atoms with E-state index in [0.717, 1.165) is 83.5 Å². The maximum Gasteiger partial charge on any atom is 0.306 e. The molecule has 5 heteroatoms. The summed E-state index contributed by atoms with van der Waals surface area (Å²) in [6.45, 7) is 3.96. The zero-order valence-corrected chi connectivity index (χ0v) is 35.8. The second-order valence-corrected chi connectivity index (χ2v) is 14.4. The molecule has 0 aliphatic heterocycles. The Hall–Kier alpha value is -3.44. The van der Waals surface area contributed by atoms with Crippen LogP contribution in [0.3, 0.4) is 0 Å². The van der Waals surface area contributed by atoms with Crippen LogP contribution in [0.1, 0.15) is 181 Å². The van der Waals surface area contributed by atoms with E-state index in [9.17, 15) is 14.7 Å². The van der Waals surface area contributed by atoms with Crippen LogP contribution in [-0.4, -0.2) is 36.4 Å². The van der Waals surface area contributed by atoms with Gasteiger partial charge in [-0.05, 0) is 77.0 Å². The molecule has 316 valence electrons. The number of hydrogen-bond donors (Lipinski definition) is 1. The third kappa shape index (κ3) is 43.3. The number of hydrogen-bond acceptors (Lipinski definition) is 5. The fraction of sp³-hybridized carbons (Fsp3) is 0.608. The molecule has 0 radical (unpaired) electrons. The van der Waals surface area contributed by atoms with Crippen molar-refractivity contribution in [2.24, 2.45) is 0 Å². The maximum absolute atomic E-state index is 12.2. The molecule has 0 aliphatic carbocycles. The summed E-state index contributed by atoms with van der Waals surface area (Å²) in [5.41, 5.74) is 0. The number of carbonyl (C=O) groups is 2. The van der Waals surface area contributed by atoms with Crippen molar-refractivity contribution >= 4 is 11.9 Å². The van der Waals surface area contributed by atoms with Crippen LogP contribution >= 0.6 is 0 Å². The molecule has 0 bridgehead atoms. The number of rotatable bonds is 39. The minimum absolute atomic E-state index is 0.0938. The van der Waals surface area contributed by atoms with E-state index in [2.05, 4.69) is 123 Å². The van der Waals surface area contributed by atoms with Gasteiger partial charge in [0.05, 0.1) is 6.61 Å². The molecule has 0 saturated carbocycles. The lowest BCUT2D eigenvalue weighted by Gasteiger charge is -2.15. The smallest absolute Gasteiger partial charge is 0.306 e. The number of unbranched alkanes of at least 4 members (excludes halogenated alkanes) is 13. The second-order valence-electron chi connectivity index (χ2n) is 14.4. The van der Waals surface area contributed by atoms with E-state index in [1.54, 1.807) is 0 Å². The van der Waals surface area contributed by atoms with E-state index in [4.69, 9.17) is 9.47 Å². The molecule has 0 heterocycles. The van der Waals surface area contributed by atoms with Crippen molar-refractivity contribution in [1.82, 2.24) is 0 Å². The summed E-state index contributed by atoms with van der Waals surface area (Å²) in [6, 6.07) is 0. The van der Waals surface area contributed by atoms with Gasteiger partial charge in [0.25, 0.3) is 0 Å². The first-order chi connectivity index (χ1) is 27.6. The van der Waals surface area contributed by atoms with Crippen molar-refractivity contribution in [3.63, 3.8) is 0 Å². The van der Waals surface area contributed by atoms with Gasteiger partial charge in [0.1, 0.15) is 6.61 Å². The molecule has 0 aromatic carbocycles. The summed E-state index contributed by atoms with van der Waals surface area (Å²) in [4.78, 5) is 24.3. The van der Waals surface area contributed by atoms with Gasteiger partial charge in [-0.1, -0.05) is 200 Å². The van der Waals surface area contributed by atoms with E-state index < -0.39 is 6.10 Å². The predicted octanol–water partition coefficient (Wildman–Crippen LogP) is 14.6. The molecule has 0 fully saturated rings. The number of ether oxygens (including phenoxy) is 2. The first kappa shape index (κ1) is 52.6. The van der Waals surface area contributed by atoms with Crippen molar-refractivity contribution in [1.29, 1.82) is 0 Å². The molecular weight excluding hydrogens is 693 g/mol. The largest absolute Gasteiger partial charge is 0.462 e. The lowest BCUT2D eigenvalue weighted by molar-refractivity contribution is -0.161.